The summed E-state index contributed by atoms with van der Waals surface area (Å²) in [7, 11) is -7.90. The molecule has 0 aliphatic carbocycles. The summed E-state index contributed by atoms with van der Waals surface area (Å²) in [4.78, 5) is 24.9. The Morgan fingerprint density at radius 3 is 1.28 bits per heavy atom. The van der Waals surface area contributed by atoms with Gasteiger partial charge in [-0.1, -0.05) is 73.5 Å². The van der Waals surface area contributed by atoms with Gasteiger partial charge in [0.2, 0.25) is 0 Å². The fraction of sp³-hybridized carbons (Fsp3) is 0.286. The molecule has 8 heteroatoms. The average molecular weight is 529 g/mol. The van der Waals surface area contributed by atoms with E-state index in [4.69, 9.17) is 0 Å². The van der Waals surface area contributed by atoms with Gasteiger partial charge in [-0.25, -0.2) is 16.8 Å². The molecule has 0 aromatic heterocycles. The van der Waals surface area contributed by atoms with Gasteiger partial charge in [-0.15, -0.1) is 0 Å². The lowest BCUT2D eigenvalue weighted by Gasteiger charge is -2.17. The normalized spacial score (nSPS) is 11.5. The topological polar surface area (TPSA) is 102 Å². The molecule has 0 saturated heterocycles. The third-order valence-corrected chi connectivity index (χ3v) is 9.21. The van der Waals surface area contributed by atoms with Gasteiger partial charge in [0.25, 0.3) is 0 Å². The molecule has 0 spiro atoms. The second kappa shape index (κ2) is 12.2. The summed E-state index contributed by atoms with van der Waals surface area (Å²) < 4.78 is 52.4. The van der Waals surface area contributed by atoms with Crippen LogP contribution in [0.3, 0.4) is 0 Å². The number of hydrogen-bond donors (Lipinski definition) is 0. The number of hydrogen-bond acceptors (Lipinski definition) is 6. The highest BCUT2D eigenvalue weighted by molar-refractivity contribution is 7.92. The number of rotatable bonds is 9. The standard InChI is InChI=1S/C26H26O6S2.C2H6/c1-18-4-12-24(13-5-18)33(29,30)16-23(17-34(31,32)25-14-6-19(2)7-15-25)26(28)22-10-8-21(9-11-22)20(3)27;1-2/h4-15,23H,16-17H2,1-3H3;1-2H3. The Bertz CT molecular complexity index is 1330. The number of sulfone groups is 2. The van der Waals surface area contributed by atoms with Gasteiger partial charge in [-0.3, -0.25) is 9.59 Å². The van der Waals surface area contributed by atoms with Gasteiger partial charge in [-0.2, -0.15) is 0 Å². The van der Waals surface area contributed by atoms with E-state index < -0.39 is 42.9 Å². The first kappa shape index (κ1) is 29.1. The second-order valence-electron chi connectivity index (χ2n) is 8.38. The summed E-state index contributed by atoms with van der Waals surface area (Å²) in [6.45, 7) is 9.03. The highest BCUT2D eigenvalue weighted by Gasteiger charge is 2.32. The molecule has 192 valence electrons. The van der Waals surface area contributed by atoms with Crippen molar-refractivity contribution in [1.29, 1.82) is 0 Å². The molecule has 3 rings (SSSR count). The zero-order valence-electron chi connectivity index (χ0n) is 21.2. The van der Waals surface area contributed by atoms with Gasteiger partial charge in [0, 0.05) is 11.1 Å². The monoisotopic (exact) mass is 528 g/mol. The molecule has 0 amide bonds. The number of Topliss-reactive ketones (excluding diaryl/α,β-unsaturated/α-hetero) is 2. The van der Waals surface area contributed by atoms with E-state index in [0.29, 0.717) is 5.56 Å². The van der Waals surface area contributed by atoms with E-state index >= 15 is 0 Å². The fourth-order valence-corrected chi connectivity index (χ4v) is 6.75. The summed E-state index contributed by atoms with van der Waals surface area (Å²) in [5.41, 5.74) is 2.29. The Kier molecular flexibility index (Phi) is 9.90. The zero-order chi connectivity index (χ0) is 27.1. The van der Waals surface area contributed by atoms with Crippen LogP contribution in [0.25, 0.3) is 0 Å². The Labute approximate surface area is 214 Å². The van der Waals surface area contributed by atoms with Gasteiger partial charge in [-0.05, 0) is 45.0 Å². The van der Waals surface area contributed by atoms with Crippen LogP contribution in [0, 0.1) is 19.8 Å². The van der Waals surface area contributed by atoms with Crippen LogP contribution in [0.1, 0.15) is 52.6 Å². The van der Waals surface area contributed by atoms with Crippen molar-refractivity contribution in [2.75, 3.05) is 11.5 Å². The molecule has 0 atom stereocenters. The van der Waals surface area contributed by atoms with Crippen LogP contribution in [0.5, 0.6) is 0 Å². The van der Waals surface area contributed by atoms with E-state index in [2.05, 4.69) is 0 Å². The lowest BCUT2D eigenvalue weighted by Crippen LogP contribution is -2.31. The Balaban J connectivity index is 0.00000222. The first-order valence-electron chi connectivity index (χ1n) is 11.6. The van der Waals surface area contributed by atoms with Gasteiger partial charge >= 0.3 is 0 Å². The van der Waals surface area contributed by atoms with Crippen molar-refractivity contribution in [3.63, 3.8) is 0 Å². The molecule has 0 aliphatic heterocycles. The molecule has 3 aromatic carbocycles. The number of carbonyl (C=O) groups is 2. The Morgan fingerprint density at radius 1 is 0.611 bits per heavy atom. The molecular weight excluding hydrogens is 496 g/mol. The van der Waals surface area contributed by atoms with Crippen molar-refractivity contribution in [1.82, 2.24) is 0 Å². The van der Waals surface area contributed by atoms with Gasteiger partial charge in [0.05, 0.1) is 27.2 Å². The lowest BCUT2D eigenvalue weighted by atomic mass is 9.99. The molecule has 0 bridgehead atoms. The van der Waals surface area contributed by atoms with Crippen molar-refractivity contribution in [2.45, 2.75) is 44.4 Å². The maximum Gasteiger partial charge on any atom is 0.179 e. The number of ketones is 2. The minimum absolute atomic E-state index is 0.0237. The molecule has 0 aliphatic rings. The summed E-state index contributed by atoms with van der Waals surface area (Å²) in [5.74, 6) is -3.44. The van der Waals surface area contributed by atoms with E-state index in [-0.39, 0.29) is 21.1 Å². The zero-order valence-corrected chi connectivity index (χ0v) is 22.8. The molecule has 0 radical (unpaired) electrons. The van der Waals surface area contributed by atoms with E-state index in [1.807, 2.05) is 27.7 Å². The van der Waals surface area contributed by atoms with E-state index in [9.17, 15) is 26.4 Å². The molecule has 6 nitrogen and oxygen atoms in total. The summed E-state index contributed by atoms with van der Waals surface area (Å²) in [6.07, 6.45) is 0. The highest BCUT2D eigenvalue weighted by Crippen LogP contribution is 2.23. The summed E-state index contributed by atoms with van der Waals surface area (Å²) >= 11 is 0. The summed E-state index contributed by atoms with van der Waals surface area (Å²) in [5, 5.41) is 0. The Morgan fingerprint density at radius 2 is 0.944 bits per heavy atom. The number of aryl methyl sites for hydroxylation is 2. The maximum atomic E-state index is 13.3. The average Bonchev–Trinajstić information content (AvgIpc) is 2.84. The van der Waals surface area contributed by atoms with Crippen LogP contribution in [0.2, 0.25) is 0 Å². The van der Waals surface area contributed by atoms with Crippen LogP contribution >= 0.6 is 0 Å². The van der Waals surface area contributed by atoms with Crippen molar-refractivity contribution in [3.05, 3.63) is 95.1 Å². The van der Waals surface area contributed by atoms with E-state index in [1.165, 1.54) is 55.5 Å². The molecule has 0 fully saturated rings. The minimum atomic E-state index is -3.95. The van der Waals surface area contributed by atoms with Crippen LogP contribution < -0.4 is 0 Å². The first-order valence-corrected chi connectivity index (χ1v) is 14.9. The molecule has 0 saturated carbocycles. The van der Waals surface area contributed by atoms with Crippen LogP contribution in [-0.4, -0.2) is 39.9 Å². The van der Waals surface area contributed by atoms with Crippen LogP contribution in [0.15, 0.2) is 82.6 Å². The van der Waals surface area contributed by atoms with Crippen LogP contribution in [-0.2, 0) is 19.7 Å². The molecule has 0 unspecified atom stereocenters. The number of benzene rings is 3. The SMILES string of the molecule is CC.CC(=O)c1ccc(C(=O)C(CS(=O)(=O)c2ccc(C)cc2)CS(=O)(=O)c2ccc(C)cc2)cc1. The van der Waals surface area contributed by atoms with Crippen molar-refractivity contribution in [3.8, 4) is 0 Å². The fourth-order valence-electron chi connectivity index (χ4n) is 3.52. The summed E-state index contributed by atoms with van der Waals surface area (Å²) in [6, 6.07) is 18.1. The van der Waals surface area contributed by atoms with Crippen LogP contribution in [0.4, 0.5) is 0 Å². The lowest BCUT2D eigenvalue weighted by molar-refractivity contribution is 0.0940. The highest BCUT2D eigenvalue weighted by atomic mass is 32.2. The number of carbonyl (C=O) groups excluding carboxylic acids is 2. The molecular formula is C28H32O6S2. The van der Waals surface area contributed by atoms with Gasteiger partial charge in [0.1, 0.15) is 0 Å². The molecule has 0 N–H and O–H groups in total. The van der Waals surface area contributed by atoms with Crippen molar-refractivity contribution >= 4 is 31.2 Å². The largest absolute Gasteiger partial charge is 0.295 e. The van der Waals surface area contributed by atoms with Crippen molar-refractivity contribution in [2.24, 2.45) is 5.92 Å². The van der Waals surface area contributed by atoms with E-state index in [0.717, 1.165) is 11.1 Å². The maximum absolute atomic E-state index is 13.3. The first-order chi connectivity index (χ1) is 16.9. The molecule has 0 heterocycles. The van der Waals surface area contributed by atoms with Crippen molar-refractivity contribution < 1.29 is 26.4 Å². The molecule has 36 heavy (non-hydrogen) atoms. The van der Waals surface area contributed by atoms with Gasteiger partial charge in [0.15, 0.2) is 31.2 Å². The third kappa shape index (κ3) is 7.45. The third-order valence-electron chi connectivity index (χ3n) is 5.55. The Hall–Kier alpha value is -3.10. The minimum Gasteiger partial charge on any atom is -0.295 e. The predicted octanol–water partition coefficient (Wildman–Crippen LogP) is 5.28. The van der Waals surface area contributed by atoms with E-state index in [1.54, 1.807) is 24.3 Å². The predicted molar refractivity (Wildman–Crippen MR) is 142 cm³/mol. The smallest absolute Gasteiger partial charge is 0.179 e. The second-order valence-corrected chi connectivity index (χ2v) is 12.5. The quantitative estimate of drug-likeness (QED) is 0.350. The van der Waals surface area contributed by atoms with Gasteiger partial charge < -0.3 is 0 Å². The molecule has 3 aromatic rings.